The average Bonchev–Trinajstić information content (AvgIpc) is 3.15. The molecule has 0 fully saturated rings. The molecule has 0 atom stereocenters. The Balaban J connectivity index is 1.52. The number of anilines is 1. The van der Waals surface area contributed by atoms with Gasteiger partial charge < -0.3 is 10.1 Å². The van der Waals surface area contributed by atoms with Gasteiger partial charge in [-0.05, 0) is 57.8 Å². The van der Waals surface area contributed by atoms with Crippen LogP contribution in [-0.4, -0.2) is 32.7 Å². The average molecular weight is 351 g/mol. The van der Waals surface area contributed by atoms with E-state index < -0.39 is 0 Å². The Kier molecular flexibility index (Phi) is 4.97. The molecule has 1 N–H and O–H groups in total. The van der Waals surface area contributed by atoms with Crippen LogP contribution in [0.25, 0.3) is 5.69 Å². The van der Waals surface area contributed by atoms with Gasteiger partial charge in [0.1, 0.15) is 12.1 Å². The molecule has 7 heteroatoms. The third-order valence-electron chi connectivity index (χ3n) is 3.85. The second kappa shape index (κ2) is 7.35. The number of benzene rings is 2. The number of hydrogen-bond donors (Lipinski definition) is 1. The van der Waals surface area contributed by atoms with E-state index in [0.717, 1.165) is 5.69 Å². The molecule has 134 valence electrons. The number of carbonyl (C=O) groups excluding carboxylic acids is 1. The van der Waals surface area contributed by atoms with Gasteiger partial charge in [-0.1, -0.05) is 32.9 Å². The molecule has 0 spiro atoms. The van der Waals surface area contributed by atoms with Crippen molar-refractivity contribution < 1.29 is 9.53 Å². The summed E-state index contributed by atoms with van der Waals surface area (Å²) in [5, 5.41) is 13.8. The van der Waals surface area contributed by atoms with E-state index in [4.69, 9.17) is 4.74 Å². The van der Waals surface area contributed by atoms with Gasteiger partial charge in [-0.2, -0.15) is 0 Å². The lowest BCUT2D eigenvalue weighted by atomic mass is 9.87. The van der Waals surface area contributed by atoms with Crippen molar-refractivity contribution in [2.24, 2.45) is 0 Å². The maximum absolute atomic E-state index is 12.1. The quantitative estimate of drug-likeness (QED) is 0.764. The SMILES string of the molecule is CC(C)(C)c1ccc(OCC(=O)Nc2ccc(-n3cnnn3)cc2)cc1. The number of nitrogens with one attached hydrogen (secondary N) is 1. The highest BCUT2D eigenvalue weighted by Gasteiger charge is 2.13. The number of nitrogens with zero attached hydrogens (tertiary/aromatic N) is 4. The smallest absolute Gasteiger partial charge is 0.262 e. The van der Waals surface area contributed by atoms with Crippen molar-refractivity contribution in [1.82, 2.24) is 20.2 Å². The molecule has 0 unspecified atom stereocenters. The second-order valence-electron chi connectivity index (χ2n) is 6.91. The van der Waals surface area contributed by atoms with E-state index in [1.165, 1.54) is 16.6 Å². The Morgan fingerprint density at radius 1 is 1.08 bits per heavy atom. The summed E-state index contributed by atoms with van der Waals surface area (Å²) < 4.78 is 7.09. The summed E-state index contributed by atoms with van der Waals surface area (Å²) in [6.45, 7) is 6.41. The van der Waals surface area contributed by atoms with Crippen molar-refractivity contribution in [3.63, 3.8) is 0 Å². The zero-order valence-corrected chi connectivity index (χ0v) is 15.0. The molecular formula is C19H21N5O2. The zero-order chi connectivity index (χ0) is 18.6. The standard InChI is InChI=1S/C19H21N5O2/c1-19(2,3)14-4-10-17(11-5-14)26-12-18(25)21-15-6-8-16(9-7-15)24-13-20-22-23-24/h4-11,13H,12H2,1-3H3,(H,21,25). The number of amides is 1. The van der Waals surface area contributed by atoms with E-state index in [2.05, 4.69) is 41.6 Å². The van der Waals surface area contributed by atoms with Gasteiger partial charge in [-0.25, -0.2) is 4.68 Å². The van der Waals surface area contributed by atoms with E-state index in [9.17, 15) is 4.79 Å². The maximum atomic E-state index is 12.1. The lowest BCUT2D eigenvalue weighted by Gasteiger charge is -2.19. The summed E-state index contributed by atoms with van der Waals surface area (Å²) >= 11 is 0. The first-order chi connectivity index (χ1) is 12.4. The highest BCUT2D eigenvalue weighted by molar-refractivity contribution is 5.91. The highest BCUT2D eigenvalue weighted by atomic mass is 16.5. The summed E-state index contributed by atoms with van der Waals surface area (Å²) in [6, 6.07) is 15.0. The lowest BCUT2D eigenvalue weighted by molar-refractivity contribution is -0.118. The second-order valence-corrected chi connectivity index (χ2v) is 6.91. The van der Waals surface area contributed by atoms with Gasteiger partial charge in [0, 0.05) is 5.69 Å². The summed E-state index contributed by atoms with van der Waals surface area (Å²) in [7, 11) is 0. The van der Waals surface area contributed by atoms with Crippen LogP contribution in [0.15, 0.2) is 54.9 Å². The molecule has 0 bridgehead atoms. The minimum Gasteiger partial charge on any atom is -0.484 e. The number of carbonyl (C=O) groups is 1. The molecule has 1 amide bonds. The monoisotopic (exact) mass is 351 g/mol. The van der Waals surface area contributed by atoms with Crippen LogP contribution in [-0.2, 0) is 10.2 Å². The van der Waals surface area contributed by atoms with Gasteiger partial charge >= 0.3 is 0 Å². The first-order valence-electron chi connectivity index (χ1n) is 8.28. The number of hydrogen-bond acceptors (Lipinski definition) is 5. The van der Waals surface area contributed by atoms with Crippen LogP contribution in [0, 0.1) is 0 Å². The van der Waals surface area contributed by atoms with Crippen molar-refractivity contribution in [3.8, 4) is 11.4 Å². The molecule has 0 saturated heterocycles. The maximum Gasteiger partial charge on any atom is 0.262 e. The molecule has 2 aromatic carbocycles. The zero-order valence-electron chi connectivity index (χ0n) is 15.0. The van der Waals surface area contributed by atoms with E-state index in [-0.39, 0.29) is 17.9 Å². The van der Waals surface area contributed by atoms with Gasteiger partial charge in [0.2, 0.25) is 0 Å². The van der Waals surface area contributed by atoms with Crippen LogP contribution in [0.5, 0.6) is 5.75 Å². The van der Waals surface area contributed by atoms with Crippen LogP contribution in [0.3, 0.4) is 0 Å². The molecule has 0 saturated carbocycles. The molecule has 1 heterocycles. The molecule has 0 aliphatic rings. The third kappa shape index (κ3) is 4.44. The molecule has 0 aliphatic heterocycles. The molecule has 26 heavy (non-hydrogen) atoms. The molecule has 3 aromatic rings. The van der Waals surface area contributed by atoms with Gasteiger partial charge in [-0.3, -0.25) is 4.79 Å². The number of rotatable bonds is 5. The van der Waals surface area contributed by atoms with Crippen LogP contribution < -0.4 is 10.1 Å². The first kappa shape index (κ1) is 17.6. The topological polar surface area (TPSA) is 81.9 Å². The molecule has 3 rings (SSSR count). The largest absolute Gasteiger partial charge is 0.484 e. The molecule has 0 radical (unpaired) electrons. The predicted octanol–water partition coefficient (Wildman–Crippen LogP) is 2.98. The summed E-state index contributed by atoms with van der Waals surface area (Å²) in [4.78, 5) is 12.1. The van der Waals surface area contributed by atoms with E-state index in [1.807, 2.05) is 36.4 Å². The molecular weight excluding hydrogens is 330 g/mol. The number of tetrazole rings is 1. The summed E-state index contributed by atoms with van der Waals surface area (Å²) in [5.41, 5.74) is 2.79. The van der Waals surface area contributed by atoms with E-state index >= 15 is 0 Å². The van der Waals surface area contributed by atoms with Crippen molar-refractivity contribution >= 4 is 11.6 Å². The van der Waals surface area contributed by atoms with Gasteiger partial charge in [0.25, 0.3) is 5.91 Å². The van der Waals surface area contributed by atoms with Crippen molar-refractivity contribution in [3.05, 3.63) is 60.4 Å². The van der Waals surface area contributed by atoms with Gasteiger partial charge in [0.05, 0.1) is 5.69 Å². The molecule has 0 aliphatic carbocycles. The number of aromatic nitrogens is 4. The van der Waals surface area contributed by atoms with Crippen LogP contribution in [0.4, 0.5) is 5.69 Å². The Hall–Kier alpha value is -3.22. The van der Waals surface area contributed by atoms with Gasteiger partial charge in [0.15, 0.2) is 6.61 Å². The summed E-state index contributed by atoms with van der Waals surface area (Å²) in [6.07, 6.45) is 1.51. The van der Waals surface area contributed by atoms with E-state index in [0.29, 0.717) is 11.4 Å². The van der Waals surface area contributed by atoms with Gasteiger partial charge in [-0.15, -0.1) is 5.10 Å². The predicted molar refractivity (Wildman–Crippen MR) is 98.4 cm³/mol. The molecule has 7 nitrogen and oxygen atoms in total. The van der Waals surface area contributed by atoms with E-state index in [1.54, 1.807) is 12.1 Å². The Labute approximate surface area is 152 Å². The Morgan fingerprint density at radius 2 is 1.77 bits per heavy atom. The Bertz CT molecular complexity index is 850. The van der Waals surface area contributed by atoms with Crippen molar-refractivity contribution in [2.75, 3.05) is 11.9 Å². The summed E-state index contributed by atoms with van der Waals surface area (Å²) in [5.74, 6) is 0.447. The minimum absolute atomic E-state index is 0.0520. The fourth-order valence-corrected chi connectivity index (χ4v) is 2.37. The Morgan fingerprint density at radius 3 is 2.35 bits per heavy atom. The fourth-order valence-electron chi connectivity index (χ4n) is 2.37. The highest BCUT2D eigenvalue weighted by Crippen LogP contribution is 2.24. The van der Waals surface area contributed by atoms with Crippen molar-refractivity contribution in [2.45, 2.75) is 26.2 Å². The van der Waals surface area contributed by atoms with Crippen LogP contribution in [0.2, 0.25) is 0 Å². The van der Waals surface area contributed by atoms with Crippen molar-refractivity contribution in [1.29, 1.82) is 0 Å². The first-order valence-corrected chi connectivity index (χ1v) is 8.28. The minimum atomic E-state index is -0.222. The van der Waals surface area contributed by atoms with Crippen LogP contribution in [0.1, 0.15) is 26.3 Å². The molecule has 1 aromatic heterocycles. The lowest BCUT2D eigenvalue weighted by Crippen LogP contribution is -2.20. The fraction of sp³-hybridized carbons (Fsp3) is 0.263. The number of ether oxygens (including phenoxy) is 1. The normalized spacial score (nSPS) is 11.2. The third-order valence-corrected chi connectivity index (χ3v) is 3.85. The van der Waals surface area contributed by atoms with Crippen LogP contribution >= 0.6 is 0 Å².